The summed E-state index contributed by atoms with van der Waals surface area (Å²) in [5.41, 5.74) is 6.58. The summed E-state index contributed by atoms with van der Waals surface area (Å²) in [6.45, 7) is 2.04. The number of nitrogen functional groups attached to an aromatic ring is 1. The normalized spacial score (nSPS) is 16.6. The van der Waals surface area contributed by atoms with Crippen LogP contribution in [0.5, 0.6) is 0 Å². The first-order valence-electron chi connectivity index (χ1n) is 6.41. The molecule has 17 heavy (non-hydrogen) atoms. The van der Waals surface area contributed by atoms with Crippen molar-refractivity contribution in [2.45, 2.75) is 31.7 Å². The third-order valence-corrected chi connectivity index (χ3v) is 3.53. The van der Waals surface area contributed by atoms with E-state index in [2.05, 4.69) is 22.2 Å². The van der Waals surface area contributed by atoms with Crippen molar-refractivity contribution in [1.82, 2.24) is 9.88 Å². The summed E-state index contributed by atoms with van der Waals surface area (Å²) in [5.74, 6) is 0.568. The summed E-state index contributed by atoms with van der Waals surface area (Å²) in [4.78, 5) is 6.52. The molecule has 1 fully saturated rings. The number of hydrogen-bond acceptors (Lipinski definition) is 4. The number of pyridine rings is 1. The van der Waals surface area contributed by atoms with Crippen LogP contribution in [0.1, 0.15) is 25.7 Å². The van der Waals surface area contributed by atoms with Crippen LogP contribution in [0.25, 0.3) is 0 Å². The molecule has 2 rings (SSSR count). The standard InChI is InChI=1S/C13H22N4/c1-17(12-4-2-3-5-12)9-8-15-11-6-7-13(14)16-10-11/h6-7,10,12,15H,2-5,8-9H2,1H3,(H2,14,16). The molecule has 0 aromatic carbocycles. The van der Waals surface area contributed by atoms with Gasteiger partial charge in [0.25, 0.3) is 0 Å². The van der Waals surface area contributed by atoms with Gasteiger partial charge in [-0.2, -0.15) is 0 Å². The number of likely N-dealkylation sites (N-methyl/N-ethyl adjacent to an activating group) is 1. The first kappa shape index (κ1) is 12.2. The maximum Gasteiger partial charge on any atom is 0.123 e. The minimum Gasteiger partial charge on any atom is -0.384 e. The predicted octanol–water partition coefficient (Wildman–Crippen LogP) is 1.95. The van der Waals surface area contributed by atoms with E-state index in [1.807, 2.05) is 12.1 Å². The SMILES string of the molecule is CN(CCNc1ccc(N)nc1)C1CCCC1. The van der Waals surface area contributed by atoms with E-state index >= 15 is 0 Å². The number of nitrogens with one attached hydrogen (secondary N) is 1. The van der Waals surface area contributed by atoms with Crippen LogP contribution in [0, 0.1) is 0 Å². The van der Waals surface area contributed by atoms with Crippen LogP contribution in [-0.2, 0) is 0 Å². The van der Waals surface area contributed by atoms with Gasteiger partial charge in [-0.1, -0.05) is 12.8 Å². The number of nitrogens with zero attached hydrogens (tertiary/aromatic N) is 2. The molecule has 0 radical (unpaired) electrons. The van der Waals surface area contributed by atoms with Gasteiger partial charge in [0.15, 0.2) is 0 Å². The van der Waals surface area contributed by atoms with E-state index in [1.165, 1.54) is 25.7 Å². The lowest BCUT2D eigenvalue weighted by Gasteiger charge is -2.24. The van der Waals surface area contributed by atoms with Gasteiger partial charge in [-0.05, 0) is 32.0 Å². The van der Waals surface area contributed by atoms with Crippen LogP contribution in [0.3, 0.4) is 0 Å². The van der Waals surface area contributed by atoms with Crippen LogP contribution >= 0.6 is 0 Å². The molecule has 1 heterocycles. The summed E-state index contributed by atoms with van der Waals surface area (Å²) in [7, 11) is 2.22. The average molecular weight is 234 g/mol. The Morgan fingerprint density at radius 1 is 1.41 bits per heavy atom. The van der Waals surface area contributed by atoms with Crippen molar-refractivity contribution in [3.63, 3.8) is 0 Å². The highest BCUT2D eigenvalue weighted by Gasteiger charge is 2.18. The van der Waals surface area contributed by atoms with Crippen molar-refractivity contribution in [2.75, 3.05) is 31.2 Å². The third kappa shape index (κ3) is 3.60. The second kappa shape index (κ2) is 5.87. The Bertz CT molecular complexity index is 330. The smallest absolute Gasteiger partial charge is 0.123 e. The second-order valence-corrected chi connectivity index (χ2v) is 4.82. The second-order valence-electron chi connectivity index (χ2n) is 4.82. The molecule has 0 saturated heterocycles. The summed E-state index contributed by atoms with van der Waals surface area (Å²) < 4.78 is 0. The van der Waals surface area contributed by atoms with Gasteiger partial charge in [0, 0.05) is 19.1 Å². The fourth-order valence-corrected chi connectivity index (χ4v) is 2.41. The van der Waals surface area contributed by atoms with Gasteiger partial charge in [0.1, 0.15) is 5.82 Å². The first-order chi connectivity index (χ1) is 8.25. The van der Waals surface area contributed by atoms with Gasteiger partial charge in [0.2, 0.25) is 0 Å². The predicted molar refractivity (Wildman–Crippen MR) is 72.0 cm³/mol. The van der Waals surface area contributed by atoms with E-state index in [-0.39, 0.29) is 0 Å². The van der Waals surface area contributed by atoms with Crippen LogP contribution < -0.4 is 11.1 Å². The molecule has 1 aromatic heterocycles. The Morgan fingerprint density at radius 2 is 2.18 bits per heavy atom. The molecule has 0 unspecified atom stereocenters. The van der Waals surface area contributed by atoms with E-state index in [0.29, 0.717) is 5.82 Å². The number of rotatable bonds is 5. The van der Waals surface area contributed by atoms with E-state index in [9.17, 15) is 0 Å². The van der Waals surface area contributed by atoms with E-state index < -0.39 is 0 Å². The van der Waals surface area contributed by atoms with Crippen molar-refractivity contribution >= 4 is 11.5 Å². The lowest BCUT2D eigenvalue weighted by molar-refractivity contribution is 0.254. The number of nitrogens with two attached hydrogens (primary N) is 1. The Balaban J connectivity index is 1.70. The fraction of sp³-hybridized carbons (Fsp3) is 0.615. The Morgan fingerprint density at radius 3 is 2.82 bits per heavy atom. The van der Waals surface area contributed by atoms with Crippen LogP contribution in [0.2, 0.25) is 0 Å². The molecule has 0 aliphatic heterocycles. The number of anilines is 2. The van der Waals surface area contributed by atoms with Crippen LogP contribution in [-0.4, -0.2) is 36.1 Å². The highest BCUT2D eigenvalue weighted by Crippen LogP contribution is 2.21. The minimum absolute atomic E-state index is 0.568. The fourth-order valence-electron chi connectivity index (χ4n) is 2.41. The Kier molecular flexibility index (Phi) is 4.20. The molecule has 1 aromatic rings. The zero-order valence-electron chi connectivity index (χ0n) is 10.5. The molecule has 0 bridgehead atoms. The molecular weight excluding hydrogens is 212 g/mol. The molecule has 0 atom stereocenters. The molecule has 94 valence electrons. The van der Waals surface area contributed by atoms with Crippen LogP contribution in [0.15, 0.2) is 18.3 Å². The zero-order valence-corrected chi connectivity index (χ0v) is 10.5. The number of aromatic nitrogens is 1. The Hall–Kier alpha value is -1.29. The van der Waals surface area contributed by atoms with Crippen molar-refractivity contribution in [3.05, 3.63) is 18.3 Å². The molecule has 1 aliphatic carbocycles. The summed E-state index contributed by atoms with van der Waals surface area (Å²) >= 11 is 0. The highest BCUT2D eigenvalue weighted by molar-refractivity contribution is 5.45. The quantitative estimate of drug-likeness (QED) is 0.817. The van der Waals surface area contributed by atoms with Gasteiger partial charge in [0.05, 0.1) is 11.9 Å². The van der Waals surface area contributed by atoms with Crippen molar-refractivity contribution in [1.29, 1.82) is 0 Å². The topological polar surface area (TPSA) is 54.2 Å². The van der Waals surface area contributed by atoms with E-state index in [0.717, 1.165) is 24.8 Å². The summed E-state index contributed by atoms with van der Waals surface area (Å²) in [6, 6.07) is 4.59. The molecular formula is C13H22N4. The minimum atomic E-state index is 0.568. The zero-order chi connectivity index (χ0) is 12.1. The summed E-state index contributed by atoms with van der Waals surface area (Å²) in [6.07, 6.45) is 7.29. The maximum atomic E-state index is 5.54. The molecule has 0 spiro atoms. The number of hydrogen-bond donors (Lipinski definition) is 2. The molecule has 3 N–H and O–H groups in total. The first-order valence-corrected chi connectivity index (χ1v) is 6.41. The highest BCUT2D eigenvalue weighted by atomic mass is 15.1. The van der Waals surface area contributed by atoms with Gasteiger partial charge >= 0.3 is 0 Å². The van der Waals surface area contributed by atoms with Crippen molar-refractivity contribution in [3.8, 4) is 0 Å². The average Bonchev–Trinajstić information content (AvgIpc) is 2.85. The van der Waals surface area contributed by atoms with Crippen molar-refractivity contribution < 1.29 is 0 Å². The maximum absolute atomic E-state index is 5.54. The van der Waals surface area contributed by atoms with Gasteiger partial charge in [-0.15, -0.1) is 0 Å². The lowest BCUT2D eigenvalue weighted by atomic mass is 10.2. The third-order valence-electron chi connectivity index (χ3n) is 3.53. The molecule has 4 heteroatoms. The monoisotopic (exact) mass is 234 g/mol. The Labute approximate surface area is 103 Å². The summed E-state index contributed by atoms with van der Waals surface area (Å²) in [5, 5.41) is 3.37. The molecule has 4 nitrogen and oxygen atoms in total. The van der Waals surface area contributed by atoms with Gasteiger partial charge in [-0.3, -0.25) is 0 Å². The molecule has 0 amide bonds. The molecule has 1 aliphatic rings. The van der Waals surface area contributed by atoms with Gasteiger partial charge in [-0.25, -0.2) is 4.98 Å². The van der Waals surface area contributed by atoms with Gasteiger partial charge < -0.3 is 16.0 Å². The van der Waals surface area contributed by atoms with E-state index in [1.54, 1.807) is 6.20 Å². The molecule has 1 saturated carbocycles. The van der Waals surface area contributed by atoms with Crippen LogP contribution in [0.4, 0.5) is 11.5 Å². The largest absolute Gasteiger partial charge is 0.384 e. The van der Waals surface area contributed by atoms with E-state index in [4.69, 9.17) is 5.73 Å². The lowest BCUT2D eigenvalue weighted by Crippen LogP contribution is -2.33. The van der Waals surface area contributed by atoms with Crippen molar-refractivity contribution in [2.24, 2.45) is 0 Å².